The lowest BCUT2D eigenvalue weighted by molar-refractivity contribution is 0.0694. The summed E-state index contributed by atoms with van der Waals surface area (Å²) in [7, 11) is 1.67. The molecular formula is C25H25F2N3O5. The second-order valence-electron chi connectivity index (χ2n) is 8.70. The van der Waals surface area contributed by atoms with Gasteiger partial charge in [-0.05, 0) is 38.4 Å². The highest BCUT2D eigenvalue weighted by Crippen LogP contribution is 2.48. The highest BCUT2D eigenvalue weighted by atomic mass is 19.1. The van der Waals surface area contributed by atoms with Crippen molar-refractivity contribution in [2.45, 2.75) is 38.0 Å². The van der Waals surface area contributed by atoms with Crippen molar-refractivity contribution in [1.29, 1.82) is 0 Å². The number of aromatic carboxylic acids is 1. The van der Waals surface area contributed by atoms with E-state index < -0.39 is 46.3 Å². The maximum atomic E-state index is 16.0. The molecule has 0 aliphatic heterocycles. The molecule has 4 rings (SSSR count). The van der Waals surface area contributed by atoms with Crippen LogP contribution in [0.5, 0.6) is 0 Å². The molecule has 35 heavy (non-hydrogen) atoms. The zero-order valence-electron chi connectivity index (χ0n) is 19.2. The second-order valence-corrected chi connectivity index (χ2v) is 8.70. The molecule has 8 nitrogen and oxygen atoms in total. The molecule has 1 atom stereocenters. The van der Waals surface area contributed by atoms with Crippen LogP contribution in [0.15, 0.2) is 47.4 Å². The van der Waals surface area contributed by atoms with Crippen molar-refractivity contribution < 1.29 is 28.2 Å². The van der Waals surface area contributed by atoms with Crippen molar-refractivity contribution in [1.82, 2.24) is 15.2 Å². The number of fused-ring (bicyclic) bond motifs is 1. The number of alkyl carbamates (subject to hydrolysis) is 1. The van der Waals surface area contributed by atoms with Gasteiger partial charge in [0, 0.05) is 18.8 Å². The van der Waals surface area contributed by atoms with E-state index in [0.29, 0.717) is 6.54 Å². The monoisotopic (exact) mass is 485 g/mol. The first-order valence-electron chi connectivity index (χ1n) is 11.1. The van der Waals surface area contributed by atoms with Crippen LogP contribution in [0.25, 0.3) is 10.9 Å². The molecule has 1 saturated carbocycles. The molecule has 0 unspecified atom stereocenters. The Morgan fingerprint density at radius 2 is 1.91 bits per heavy atom. The molecule has 0 bridgehead atoms. The molecule has 0 radical (unpaired) electrons. The van der Waals surface area contributed by atoms with Crippen LogP contribution < -0.4 is 16.1 Å². The first-order chi connectivity index (χ1) is 16.7. The van der Waals surface area contributed by atoms with Crippen molar-refractivity contribution in [3.8, 4) is 0 Å². The van der Waals surface area contributed by atoms with Crippen LogP contribution in [-0.2, 0) is 16.9 Å². The second kappa shape index (κ2) is 9.46. The largest absolute Gasteiger partial charge is 0.477 e. The number of ether oxygens (including phenoxy) is 1. The fourth-order valence-electron chi connectivity index (χ4n) is 4.29. The van der Waals surface area contributed by atoms with Crippen LogP contribution in [0.1, 0.15) is 47.3 Å². The quantitative estimate of drug-likeness (QED) is 0.449. The van der Waals surface area contributed by atoms with Gasteiger partial charge in [-0.25, -0.2) is 18.4 Å². The summed E-state index contributed by atoms with van der Waals surface area (Å²) in [6.45, 7) is 2.03. The first kappa shape index (κ1) is 24.3. The molecule has 10 heteroatoms. The zero-order chi connectivity index (χ0) is 25.3. The number of halogens is 2. The van der Waals surface area contributed by atoms with E-state index >= 15 is 8.78 Å². The number of carbonyl (C=O) groups excluding carboxylic acids is 1. The number of carboxylic acid groups (broad SMARTS) is 1. The number of nitrogens with one attached hydrogen (secondary N) is 2. The number of amides is 1. The summed E-state index contributed by atoms with van der Waals surface area (Å²) < 4.78 is 37.8. The first-order valence-corrected chi connectivity index (χ1v) is 11.1. The molecular weight excluding hydrogens is 460 g/mol. The summed E-state index contributed by atoms with van der Waals surface area (Å²) >= 11 is 0. The van der Waals surface area contributed by atoms with Gasteiger partial charge in [-0.3, -0.25) is 4.79 Å². The zero-order valence-corrected chi connectivity index (χ0v) is 19.2. The van der Waals surface area contributed by atoms with Crippen molar-refractivity contribution in [2.75, 3.05) is 13.6 Å². The molecule has 184 valence electrons. The molecule has 1 aliphatic carbocycles. The van der Waals surface area contributed by atoms with E-state index in [-0.39, 0.29) is 35.9 Å². The van der Waals surface area contributed by atoms with E-state index in [9.17, 15) is 19.5 Å². The number of hydrogen-bond acceptors (Lipinski definition) is 5. The lowest BCUT2D eigenvalue weighted by atomic mass is 9.99. The topological polar surface area (TPSA) is 110 Å². The Hall–Kier alpha value is -3.79. The van der Waals surface area contributed by atoms with Gasteiger partial charge in [0.25, 0.3) is 0 Å². The summed E-state index contributed by atoms with van der Waals surface area (Å²) in [5.41, 5.74) is -2.73. The molecule has 3 N–H and O–H groups in total. The predicted octanol–water partition coefficient (Wildman–Crippen LogP) is 3.67. The standard InChI is InChI=1S/C25H25F2N3O5/c1-14(11-28-2)30-12-17(23(32)33)22(31)16-10-18(26)19(20(27)21(16)30)25(8-9-25)29-24(34)35-13-15-6-4-3-5-7-15/h3-7,10,12,14,28H,8-9,11,13H2,1-2H3,(H,29,34)(H,32,33)/t14-/m0/s1. The van der Waals surface area contributed by atoms with Gasteiger partial charge in [0.05, 0.1) is 22.0 Å². The van der Waals surface area contributed by atoms with Gasteiger partial charge in [-0.2, -0.15) is 0 Å². The summed E-state index contributed by atoms with van der Waals surface area (Å²) in [5, 5.41) is 14.6. The van der Waals surface area contributed by atoms with E-state index in [1.54, 1.807) is 38.2 Å². The van der Waals surface area contributed by atoms with Gasteiger partial charge < -0.3 is 25.0 Å². The van der Waals surface area contributed by atoms with E-state index in [1.165, 1.54) is 4.57 Å². The molecule has 1 aliphatic rings. The van der Waals surface area contributed by atoms with Gasteiger partial charge in [-0.1, -0.05) is 30.3 Å². The summed E-state index contributed by atoms with van der Waals surface area (Å²) in [6.07, 6.45) is 0.792. The van der Waals surface area contributed by atoms with Crippen LogP contribution >= 0.6 is 0 Å². The molecule has 0 spiro atoms. The Morgan fingerprint density at radius 3 is 2.51 bits per heavy atom. The minimum atomic E-state index is -1.49. The molecule has 2 aromatic carbocycles. The molecule has 3 aromatic rings. The van der Waals surface area contributed by atoms with Crippen molar-refractivity contribution in [2.24, 2.45) is 0 Å². The van der Waals surface area contributed by atoms with Crippen LogP contribution in [0.2, 0.25) is 0 Å². The van der Waals surface area contributed by atoms with E-state index in [0.717, 1.165) is 17.8 Å². The maximum absolute atomic E-state index is 16.0. The third kappa shape index (κ3) is 4.61. The summed E-state index contributed by atoms with van der Waals surface area (Å²) in [4.78, 5) is 36.8. The highest BCUT2D eigenvalue weighted by molar-refractivity contribution is 5.93. The third-order valence-corrected chi connectivity index (χ3v) is 6.20. The van der Waals surface area contributed by atoms with Crippen molar-refractivity contribution in [3.63, 3.8) is 0 Å². The van der Waals surface area contributed by atoms with Crippen molar-refractivity contribution >= 4 is 23.0 Å². The average Bonchev–Trinajstić information content (AvgIpc) is 3.58. The average molecular weight is 485 g/mol. The number of rotatable bonds is 8. The summed E-state index contributed by atoms with van der Waals surface area (Å²) in [6, 6.07) is 9.35. The van der Waals surface area contributed by atoms with Crippen molar-refractivity contribution in [3.05, 3.63) is 81.1 Å². The number of carbonyl (C=O) groups is 2. The minimum absolute atomic E-state index is 0.00945. The molecule has 1 aromatic heterocycles. The van der Waals surface area contributed by atoms with E-state index in [1.807, 2.05) is 6.07 Å². The Kier molecular flexibility index (Phi) is 6.58. The molecule has 1 amide bonds. The number of likely N-dealkylation sites (N-methyl/N-ethyl adjacent to an activating group) is 1. The van der Waals surface area contributed by atoms with Gasteiger partial charge in [-0.15, -0.1) is 0 Å². The minimum Gasteiger partial charge on any atom is -0.477 e. The van der Waals surface area contributed by atoms with Gasteiger partial charge in [0.1, 0.15) is 18.0 Å². The fraction of sp³-hybridized carbons (Fsp3) is 0.320. The number of nitrogens with zero attached hydrogens (tertiary/aromatic N) is 1. The highest BCUT2D eigenvalue weighted by Gasteiger charge is 2.50. The van der Waals surface area contributed by atoms with Crippen LogP contribution in [-0.4, -0.2) is 35.3 Å². The van der Waals surface area contributed by atoms with Crippen LogP contribution in [0.4, 0.5) is 13.6 Å². The van der Waals surface area contributed by atoms with Crippen LogP contribution in [0, 0.1) is 11.6 Å². The van der Waals surface area contributed by atoms with Gasteiger partial charge >= 0.3 is 12.1 Å². The predicted molar refractivity (Wildman–Crippen MR) is 124 cm³/mol. The normalized spacial score (nSPS) is 15.0. The number of pyridine rings is 1. The number of aromatic nitrogens is 1. The molecule has 1 fully saturated rings. The number of benzene rings is 2. The van der Waals surface area contributed by atoms with Gasteiger partial charge in [0.2, 0.25) is 5.43 Å². The molecule has 1 heterocycles. The lowest BCUT2D eigenvalue weighted by Crippen LogP contribution is -2.37. The van der Waals surface area contributed by atoms with E-state index in [2.05, 4.69) is 10.6 Å². The van der Waals surface area contributed by atoms with E-state index in [4.69, 9.17) is 4.74 Å². The summed E-state index contributed by atoms with van der Waals surface area (Å²) in [5.74, 6) is -3.55. The van der Waals surface area contributed by atoms with Crippen LogP contribution in [0.3, 0.4) is 0 Å². The number of hydrogen-bond donors (Lipinski definition) is 3. The fourth-order valence-corrected chi connectivity index (χ4v) is 4.29. The Balaban J connectivity index is 1.76. The number of carboxylic acids is 1. The molecule has 0 saturated heterocycles. The Morgan fingerprint density at radius 1 is 1.23 bits per heavy atom. The third-order valence-electron chi connectivity index (χ3n) is 6.20. The Bertz CT molecular complexity index is 1350. The lowest BCUT2D eigenvalue weighted by Gasteiger charge is -2.24. The maximum Gasteiger partial charge on any atom is 0.408 e. The Labute approximate surface area is 199 Å². The van der Waals surface area contributed by atoms with Gasteiger partial charge in [0.15, 0.2) is 5.82 Å². The smallest absolute Gasteiger partial charge is 0.408 e. The SMILES string of the molecule is CNC[C@H](C)n1cc(C(=O)O)c(=O)c2cc(F)c(C3(NC(=O)OCc4ccccc4)CC3)c(F)c21.